The molecule has 25 heavy (non-hydrogen) atoms. The number of rotatable bonds is 3. The van der Waals surface area contributed by atoms with Crippen molar-refractivity contribution in [3.8, 4) is 0 Å². The van der Waals surface area contributed by atoms with Crippen LogP contribution >= 0.6 is 11.8 Å². The molecule has 0 radical (unpaired) electrons. The van der Waals surface area contributed by atoms with E-state index >= 15 is 0 Å². The number of carbonyl (C=O) groups excluding carboxylic acids is 1. The summed E-state index contributed by atoms with van der Waals surface area (Å²) >= 11 is 1.64. The largest absolute Gasteiger partial charge is 0.455 e. The molecule has 3 aliphatic rings. The fourth-order valence-corrected chi connectivity index (χ4v) is 7.81. The Morgan fingerprint density at radius 2 is 1.92 bits per heavy atom. The Kier molecular flexibility index (Phi) is 3.64. The van der Waals surface area contributed by atoms with Gasteiger partial charge >= 0.3 is 5.97 Å². The Hall–Kier alpha value is -1.04. The number of ether oxygens (including phenoxy) is 2. The van der Waals surface area contributed by atoms with Crippen LogP contribution in [0.1, 0.15) is 40.0 Å². The van der Waals surface area contributed by atoms with Gasteiger partial charge in [-0.05, 0) is 31.4 Å². The summed E-state index contributed by atoms with van der Waals surface area (Å²) < 4.78 is 12.1. The predicted octanol–water partition coefficient (Wildman–Crippen LogP) is 3.42. The van der Waals surface area contributed by atoms with Gasteiger partial charge in [0.1, 0.15) is 5.60 Å². The molecule has 4 nitrogen and oxygen atoms in total. The van der Waals surface area contributed by atoms with Gasteiger partial charge in [0.15, 0.2) is 5.60 Å². The summed E-state index contributed by atoms with van der Waals surface area (Å²) in [4.78, 5) is 14.1. The molecule has 1 aromatic carbocycles. The summed E-state index contributed by atoms with van der Waals surface area (Å²) in [5, 5.41) is 10.9. The molecule has 0 aromatic heterocycles. The Labute approximate surface area is 153 Å². The van der Waals surface area contributed by atoms with E-state index in [9.17, 15) is 9.90 Å². The van der Waals surface area contributed by atoms with Gasteiger partial charge in [0.25, 0.3) is 0 Å². The summed E-state index contributed by atoms with van der Waals surface area (Å²) in [7, 11) is 1.60. The Morgan fingerprint density at radius 1 is 1.24 bits per heavy atom. The molecule has 1 aliphatic heterocycles. The molecule has 2 aliphatic carbocycles. The molecule has 0 amide bonds. The van der Waals surface area contributed by atoms with E-state index in [1.54, 1.807) is 18.9 Å². The molecule has 2 saturated carbocycles. The number of hydrogen-bond acceptors (Lipinski definition) is 5. The van der Waals surface area contributed by atoms with Crippen molar-refractivity contribution in [2.75, 3.05) is 7.11 Å². The van der Waals surface area contributed by atoms with Crippen LogP contribution in [-0.2, 0) is 14.3 Å². The predicted molar refractivity (Wildman–Crippen MR) is 96.4 cm³/mol. The van der Waals surface area contributed by atoms with Crippen molar-refractivity contribution < 1.29 is 19.4 Å². The standard InChI is InChI=1S/C20H26O4S/c1-17(2)19-12-8-11-14(21)18(19,3)15(20(17,23-4)16(22)24-19)25-13-9-6-5-7-10-13/h5-7,9-10,14-15,21H,8,11-12H2,1-4H3/t14-,15-,18-,19+,20+/m0/s1. The van der Waals surface area contributed by atoms with Crippen molar-refractivity contribution in [1.82, 2.24) is 0 Å². The smallest absolute Gasteiger partial charge is 0.340 e. The number of aliphatic hydroxyl groups is 1. The zero-order valence-electron chi connectivity index (χ0n) is 15.2. The van der Waals surface area contributed by atoms with Crippen molar-refractivity contribution in [1.29, 1.82) is 0 Å². The summed E-state index contributed by atoms with van der Waals surface area (Å²) in [5.74, 6) is -0.278. The number of hydrogen-bond donors (Lipinski definition) is 1. The highest BCUT2D eigenvalue weighted by Gasteiger charge is 2.89. The number of carbonyl (C=O) groups is 1. The lowest BCUT2D eigenvalue weighted by Crippen LogP contribution is -2.63. The lowest BCUT2D eigenvalue weighted by atomic mass is 9.58. The van der Waals surface area contributed by atoms with Crippen LogP contribution in [0.15, 0.2) is 35.2 Å². The lowest BCUT2D eigenvalue weighted by Gasteiger charge is -2.54. The van der Waals surface area contributed by atoms with Crippen LogP contribution < -0.4 is 0 Å². The first-order valence-corrected chi connectivity index (χ1v) is 9.84. The molecule has 1 spiro atoms. The van der Waals surface area contributed by atoms with Gasteiger partial charge in [-0.3, -0.25) is 0 Å². The van der Waals surface area contributed by atoms with Crippen molar-refractivity contribution >= 4 is 17.7 Å². The molecule has 1 N–H and O–H groups in total. The first kappa shape index (κ1) is 17.4. The zero-order valence-corrected chi connectivity index (χ0v) is 16.1. The van der Waals surface area contributed by atoms with E-state index in [-0.39, 0.29) is 11.2 Å². The second kappa shape index (κ2) is 5.24. The molecule has 1 aromatic rings. The van der Waals surface area contributed by atoms with Gasteiger partial charge < -0.3 is 14.6 Å². The van der Waals surface area contributed by atoms with Crippen molar-refractivity contribution in [3.63, 3.8) is 0 Å². The topological polar surface area (TPSA) is 55.8 Å². The zero-order chi connectivity index (χ0) is 18.1. The first-order chi connectivity index (χ1) is 11.8. The number of aliphatic hydroxyl groups excluding tert-OH is 1. The van der Waals surface area contributed by atoms with Crippen LogP contribution in [0.5, 0.6) is 0 Å². The summed E-state index contributed by atoms with van der Waals surface area (Å²) in [6.07, 6.45) is 1.84. The van der Waals surface area contributed by atoms with E-state index in [2.05, 4.69) is 20.8 Å². The van der Waals surface area contributed by atoms with Gasteiger partial charge in [0.05, 0.1) is 11.4 Å². The average Bonchev–Trinajstić information content (AvgIpc) is 2.83. The molecule has 1 heterocycles. The van der Waals surface area contributed by atoms with Gasteiger partial charge in [-0.25, -0.2) is 4.79 Å². The van der Waals surface area contributed by atoms with Crippen LogP contribution in [0, 0.1) is 10.8 Å². The SMILES string of the molecule is CO[C@@]12C(=O)O[C@]3(CCC[C@H](O)[C@@]3(C)[C@@H]1Sc1ccccc1)C2(C)C. The van der Waals surface area contributed by atoms with Gasteiger partial charge in [-0.2, -0.15) is 0 Å². The molecule has 5 heteroatoms. The number of esters is 1. The van der Waals surface area contributed by atoms with E-state index in [0.29, 0.717) is 0 Å². The fraction of sp³-hybridized carbons (Fsp3) is 0.650. The minimum atomic E-state index is -1.06. The fourth-order valence-electron chi connectivity index (χ4n) is 5.98. The van der Waals surface area contributed by atoms with Gasteiger partial charge in [-0.15, -0.1) is 11.8 Å². The number of thioether (sulfide) groups is 1. The van der Waals surface area contributed by atoms with E-state index in [1.807, 2.05) is 30.3 Å². The third-order valence-corrected chi connectivity index (χ3v) is 8.91. The molecule has 1 saturated heterocycles. The molecule has 136 valence electrons. The number of benzene rings is 1. The van der Waals surface area contributed by atoms with Crippen molar-refractivity contribution in [2.45, 2.75) is 67.5 Å². The third-order valence-electron chi connectivity index (χ3n) is 7.31. The van der Waals surface area contributed by atoms with Gasteiger partial charge in [0.2, 0.25) is 0 Å². The van der Waals surface area contributed by atoms with E-state index in [1.165, 1.54) is 0 Å². The average molecular weight is 362 g/mol. The summed E-state index contributed by atoms with van der Waals surface area (Å²) in [6, 6.07) is 10.1. The second-order valence-corrected chi connectivity index (χ2v) is 9.46. The molecule has 3 fully saturated rings. The maximum absolute atomic E-state index is 13.1. The van der Waals surface area contributed by atoms with Crippen LogP contribution in [-0.4, -0.2) is 40.7 Å². The highest BCUT2D eigenvalue weighted by Crippen LogP contribution is 2.76. The van der Waals surface area contributed by atoms with Crippen LogP contribution in [0.4, 0.5) is 0 Å². The Balaban J connectivity index is 1.93. The van der Waals surface area contributed by atoms with Crippen molar-refractivity contribution in [3.05, 3.63) is 30.3 Å². The third kappa shape index (κ3) is 1.70. The quantitative estimate of drug-likeness (QED) is 0.835. The normalized spacial score (nSPS) is 44.4. The highest BCUT2D eigenvalue weighted by molar-refractivity contribution is 8.00. The number of methoxy groups -OCH3 is 1. The van der Waals surface area contributed by atoms with E-state index in [4.69, 9.17) is 9.47 Å². The van der Waals surface area contributed by atoms with Crippen LogP contribution in [0.2, 0.25) is 0 Å². The van der Waals surface area contributed by atoms with Crippen molar-refractivity contribution in [2.24, 2.45) is 10.8 Å². The Morgan fingerprint density at radius 3 is 2.56 bits per heavy atom. The highest BCUT2D eigenvalue weighted by atomic mass is 32.2. The van der Waals surface area contributed by atoms with Crippen LogP contribution in [0.25, 0.3) is 0 Å². The maximum Gasteiger partial charge on any atom is 0.340 e. The second-order valence-electron chi connectivity index (χ2n) is 8.28. The number of fused-ring (bicyclic) bond motifs is 1. The van der Waals surface area contributed by atoms with Gasteiger partial charge in [0, 0.05) is 22.8 Å². The minimum Gasteiger partial charge on any atom is -0.455 e. The molecule has 0 unspecified atom stereocenters. The summed E-state index contributed by atoms with van der Waals surface area (Å²) in [5.41, 5.74) is -2.83. The molecule has 5 atom stereocenters. The van der Waals surface area contributed by atoms with E-state index < -0.39 is 28.1 Å². The maximum atomic E-state index is 13.1. The molecular formula is C20H26O4S. The molecular weight excluding hydrogens is 336 g/mol. The van der Waals surface area contributed by atoms with Gasteiger partial charge in [-0.1, -0.05) is 39.0 Å². The minimum absolute atomic E-state index is 0.209. The first-order valence-electron chi connectivity index (χ1n) is 8.96. The molecule has 4 rings (SSSR count). The van der Waals surface area contributed by atoms with E-state index in [0.717, 1.165) is 24.2 Å². The summed E-state index contributed by atoms with van der Waals surface area (Å²) in [6.45, 7) is 6.24. The van der Waals surface area contributed by atoms with Crippen LogP contribution in [0.3, 0.4) is 0 Å². The lowest BCUT2D eigenvalue weighted by molar-refractivity contribution is -0.208. The molecule has 2 bridgehead atoms. The monoisotopic (exact) mass is 362 g/mol. The Bertz CT molecular complexity index is 705.